The SMILES string of the molecule is Cc1ccc(-c2ccccc2C2=NCN=N2)cc1. The highest BCUT2D eigenvalue weighted by Crippen LogP contribution is 2.25. The zero-order valence-electron chi connectivity index (χ0n) is 10.2. The minimum absolute atomic E-state index is 0.442. The molecule has 2 aromatic carbocycles. The summed E-state index contributed by atoms with van der Waals surface area (Å²) in [5.41, 5.74) is 4.63. The third-order valence-electron chi connectivity index (χ3n) is 2.98. The van der Waals surface area contributed by atoms with Gasteiger partial charge in [-0.25, -0.2) is 4.99 Å². The lowest BCUT2D eigenvalue weighted by Gasteiger charge is -2.07. The molecule has 0 aliphatic carbocycles. The van der Waals surface area contributed by atoms with Crippen LogP contribution in [0.4, 0.5) is 0 Å². The van der Waals surface area contributed by atoms with Crippen molar-refractivity contribution in [3.05, 3.63) is 59.7 Å². The van der Waals surface area contributed by atoms with E-state index in [-0.39, 0.29) is 0 Å². The van der Waals surface area contributed by atoms with Gasteiger partial charge in [0, 0.05) is 5.56 Å². The first-order valence-corrected chi connectivity index (χ1v) is 5.93. The van der Waals surface area contributed by atoms with Crippen LogP contribution in [0.1, 0.15) is 11.1 Å². The topological polar surface area (TPSA) is 37.1 Å². The van der Waals surface area contributed by atoms with Crippen molar-refractivity contribution in [2.75, 3.05) is 6.67 Å². The van der Waals surface area contributed by atoms with Crippen LogP contribution in [-0.2, 0) is 0 Å². The second-order valence-electron chi connectivity index (χ2n) is 4.28. The number of hydrogen-bond donors (Lipinski definition) is 0. The number of azo groups is 1. The third kappa shape index (κ3) is 1.95. The molecule has 3 nitrogen and oxygen atoms in total. The van der Waals surface area contributed by atoms with E-state index in [0.717, 1.165) is 17.0 Å². The van der Waals surface area contributed by atoms with Crippen LogP contribution >= 0.6 is 0 Å². The molecule has 0 aromatic heterocycles. The van der Waals surface area contributed by atoms with Crippen molar-refractivity contribution in [3.63, 3.8) is 0 Å². The molecule has 3 heteroatoms. The lowest BCUT2D eigenvalue weighted by molar-refractivity contribution is 1.05. The van der Waals surface area contributed by atoms with E-state index < -0.39 is 0 Å². The van der Waals surface area contributed by atoms with E-state index in [4.69, 9.17) is 0 Å². The van der Waals surface area contributed by atoms with Crippen molar-refractivity contribution in [1.29, 1.82) is 0 Å². The summed E-state index contributed by atoms with van der Waals surface area (Å²) < 4.78 is 0. The third-order valence-corrected chi connectivity index (χ3v) is 2.98. The first-order valence-electron chi connectivity index (χ1n) is 5.93. The second kappa shape index (κ2) is 4.53. The number of nitrogens with zero attached hydrogens (tertiary/aromatic N) is 3. The molecule has 0 unspecified atom stereocenters. The molecule has 0 fully saturated rings. The predicted molar refractivity (Wildman–Crippen MR) is 72.9 cm³/mol. The zero-order chi connectivity index (χ0) is 12.4. The number of amidine groups is 1. The normalized spacial score (nSPS) is 13.7. The van der Waals surface area contributed by atoms with Crippen LogP contribution in [0.3, 0.4) is 0 Å². The number of benzene rings is 2. The van der Waals surface area contributed by atoms with Gasteiger partial charge in [-0.15, -0.1) is 5.11 Å². The van der Waals surface area contributed by atoms with Crippen molar-refractivity contribution in [1.82, 2.24) is 0 Å². The molecule has 1 aliphatic rings. The molecule has 1 heterocycles. The van der Waals surface area contributed by atoms with Crippen molar-refractivity contribution in [2.45, 2.75) is 6.92 Å². The molecule has 1 aliphatic heterocycles. The maximum Gasteiger partial charge on any atom is 0.179 e. The van der Waals surface area contributed by atoms with Gasteiger partial charge in [0.2, 0.25) is 0 Å². The average molecular weight is 235 g/mol. The molecule has 0 bridgehead atoms. The molecular formula is C15H13N3. The number of rotatable bonds is 2. The highest BCUT2D eigenvalue weighted by atomic mass is 15.2. The Bertz CT molecular complexity index is 624. The van der Waals surface area contributed by atoms with E-state index in [2.05, 4.69) is 52.5 Å². The van der Waals surface area contributed by atoms with Crippen LogP contribution in [0.25, 0.3) is 11.1 Å². The number of aryl methyl sites for hydroxylation is 1. The van der Waals surface area contributed by atoms with Gasteiger partial charge in [-0.2, -0.15) is 5.11 Å². The van der Waals surface area contributed by atoms with Gasteiger partial charge in [0.15, 0.2) is 12.5 Å². The summed E-state index contributed by atoms with van der Waals surface area (Å²) >= 11 is 0. The van der Waals surface area contributed by atoms with Crippen molar-refractivity contribution >= 4 is 5.84 Å². The average Bonchev–Trinajstić information content (AvgIpc) is 2.93. The number of aliphatic imine (C=N–C) groups is 1. The molecule has 0 saturated heterocycles. The first-order chi connectivity index (χ1) is 8.84. The lowest BCUT2D eigenvalue weighted by atomic mass is 9.98. The highest BCUT2D eigenvalue weighted by Gasteiger charge is 2.12. The van der Waals surface area contributed by atoms with Gasteiger partial charge >= 0.3 is 0 Å². The van der Waals surface area contributed by atoms with Gasteiger partial charge in [-0.05, 0) is 18.1 Å². The van der Waals surface area contributed by atoms with Crippen LogP contribution in [0, 0.1) is 6.92 Å². The molecule has 2 aromatic rings. The van der Waals surface area contributed by atoms with Crippen LogP contribution in [0.15, 0.2) is 63.8 Å². The molecule has 0 radical (unpaired) electrons. The standard InChI is InChI=1S/C15H13N3/c1-11-6-8-12(9-7-11)13-4-2-3-5-14(13)15-16-10-17-18-15/h2-9H,10H2,1H3. The van der Waals surface area contributed by atoms with Gasteiger partial charge in [0.1, 0.15) is 0 Å². The molecule has 0 N–H and O–H groups in total. The number of hydrogen-bond acceptors (Lipinski definition) is 3. The van der Waals surface area contributed by atoms with Crippen LogP contribution in [0.2, 0.25) is 0 Å². The fourth-order valence-corrected chi connectivity index (χ4v) is 2.03. The molecule has 88 valence electrons. The fourth-order valence-electron chi connectivity index (χ4n) is 2.03. The molecule has 0 atom stereocenters. The smallest absolute Gasteiger partial charge is 0.179 e. The van der Waals surface area contributed by atoms with E-state index in [1.807, 2.05) is 18.2 Å². The van der Waals surface area contributed by atoms with E-state index in [0.29, 0.717) is 6.67 Å². The first kappa shape index (κ1) is 10.8. The molecule has 3 rings (SSSR count). The van der Waals surface area contributed by atoms with Gasteiger partial charge in [0.05, 0.1) is 0 Å². The Kier molecular flexibility index (Phi) is 2.73. The Balaban J connectivity index is 2.12. The Labute approximate surface area is 106 Å². The maximum atomic E-state index is 4.29. The summed E-state index contributed by atoms with van der Waals surface area (Å²) in [7, 11) is 0. The van der Waals surface area contributed by atoms with Crippen LogP contribution < -0.4 is 0 Å². The second-order valence-corrected chi connectivity index (χ2v) is 4.28. The van der Waals surface area contributed by atoms with E-state index in [9.17, 15) is 0 Å². The fraction of sp³-hybridized carbons (Fsp3) is 0.133. The van der Waals surface area contributed by atoms with E-state index in [1.54, 1.807) is 0 Å². The van der Waals surface area contributed by atoms with Gasteiger partial charge < -0.3 is 0 Å². The summed E-state index contributed by atoms with van der Waals surface area (Å²) in [5, 5.41) is 8.00. The Morgan fingerprint density at radius 3 is 2.28 bits per heavy atom. The van der Waals surface area contributed by atoms with Gasteiger partial charge in [-0.1, -0.05) is 54.1 Å². The Morgan fingerprint density at radius 2 is 1.61 bits per heavy atom. The van der Waals surface area contributed by atoms with Crippen molar-refractivity contribution < 1.29 is 0 Å². The summed E-state index contributed by atoms with van der Waals surface area (Å²) in [4.78, 5) is 4.29. The highest BCUT2D eigenvalue weighted by molar-refractivity contribution is 6.05. The molecular weight excluding hydrogens is 222 g/mol. The molecule has 0 saturated carbocycles. The maximum absolute atomic E-state index is 4.29. The molecule has 18 heavy (non-hydrogen) atoms. The Hall–Kier alpha value is -2.29. The monoisotopic (exact) mass is 235 g/mol. The zero-order valence-corrected chi connectivity index (χ0v) is 10.2. The molecule has 0 spiro atoms. The quantitative estimate of drug-likeness (QED) is 0.758. The summed E-state index contributed by atoms with van der Waals surface area (Å²) in [6, 6.07) is 16.7. The summed E-state index contributed by atoms with van der Waals surface area (Å²) in [5.74, 6) is 0.728. The predicted octanol–water partition coefficient (Wildman–Crippen LogP) is 3.83. The summed E-state index contributed by atoms with van der Waals surface area (Å²) in [6.07, 6.45) is 0. The van der Waals surface area contributed by atoms with Gasteiger partial charge in [0.25, 0.3) is 0 Å². The minimum Gasteiger partial charge on any atom is -0.239 e. The lowest BCUT2D eigenvalue weighted by Crippen LogP contribution is -1.97. The van der Waals surface area contributed by atoms with Gasteiger partial charge in [-0.3, -0.25) is 0 Å². The van der Waals surface area contributed by atoms with Crippen LogP contribution in [-0.4, -0.2) is 12.5 Å². The van der Waals surface area contributed by atoms with E-state index in [1.165, 1.54) is 11.1 Å². The van der Waals surface area contributed by atoms with Crippen LogP contribution in [0.5, 0.6) is 0 Å². The molecule has 0 amide bonds. The van der Waals surface area contributed by atoms with Crippen molar-refractivity contribution in [3.8, 4) is 11.1 Å². The van der Waals surface area contributed by atoms with E-state index >= 15 is 0 Å². The summed E-state index contributed by atoms with van der Waals surface area (Å²) in [6.45, 7) is 2.53. The largest absolute Gasteiger partial charge is 0.239 e. The van der Waals surface area contributed by atoms with Crippen molar-refractivity contribution in [2.24, 2.45) is 15.2 Å². The Morgan fingerprint density at radius 1 is 0.889 bits per heavy atom. The minimum atomic E-state index is 0.442.